The second kappa shape index (κ2) is 8.62. The van der Waals surface area contributed by atoms with Crippen LogP contribution >= 0.6 is 0 Å². The number of aromatic nitrogens is 3. The van der Waals surface area contributed by atoms with Crippen LogP contribution in [0.15, 0.2) is 42.6 Å². The fourth-order valence-corrected chi connectivity index (χ4v) is 3.97. The Morgan fingerprint density at radius 3 is 2.76 bits per heavy atom. The number of hydrogen-bond donors (Lipinski definition) is 2. The van der Waals surface area contributed by atoms with Gasteiger partial charge in [-0.25, -0.2) is 4.72 Å². The fraction of sp³-hybridized carbons (Fsp3) is 0.300. The Balaban J connectivity index is 1.86. The molecule has 8 nitrogen and oxygen atoms in total. The molecule has 9 heteroatoms. The van der Waals surface area contributed by atoms with Gasteiger partial charge in [-0.05, 0) is 36.9 Å². The molecule has 2 aromatic heterocycles. The third kappa shape index (κ3) is 4.75. The lowest BCUT2D eigenvalue weighted by atomic mass is 10.2. The number of fused-ring (bicyclic) bond motifs is 1. The lowest BCUT2D eigenvalue weighted by Gasteiger charge is -2.08. The van der Waals surface area contributed by atoms with E-state index in [1.54, 1.807) is 10.8 Å². The average molecular weight is 416 g/mol. The Morgan fingerprint density at radius 1 is 1.24 bits per heavy atom. The van der Waals surface area contributed by atoms with E-state index >= 15 is 0 Å². The second-order valence-electron chi connectivity index (χ2n) is 6.74. The number of carbonyl (C=O) groups excluding carboxylic acids is 1. The topological polar surface area (TPSA) is 98.0 Å². The molecule has 2 heterocycles. The molecule has 0 bridgehead atoms. The van der Waals surface area contributed by atoms with Gasteiger partial charge in [0.25, 0.3) is 5.91 Å². The molecular weight excluding hydrogens is 390 g/mol. The summed E-state index contributed by atoms with van der Waals surface area (Å²) >= 11 is 0. The van der Waals surface area contributed by atoms with Gasteiger partial charge in [0.2, 0.25) is 0 Å². The minimum atomic E-state index is -3.87. The fourth-order valence-electron chi connectivity index (χ4n) is 3.16. The molecule has 3 aromatic rings. The zero-order valence-corrected chi connectivity index (χ0v) is 17.5. The zero-order valence-electron chi connectivity index (χ0n) is 16.7. The van der Waals surface area contributed by atoms with Gasteiger partial charge in [0.1, 0.15) is 5.82 Å². The van der Waals surface area contributed by atoms with Crippen LogP contribution < -0.4 is 9.44 Å². The summed E-state index contributed by atoms with van der Waals surface area (Å²) in [5.41, 5.74) is 2.48. The molecule has 0 unspecified atom stereocenters. The number of nitrogens with one attached hydrogen (secondary N) is 2. The molecule has 29 heavy (non-hydrogen) atoms. The molecule has 0 radical (unpaired) electrons. The maximum absolute atomic E-state index is 12.1. The molecule has 154 valence electrons. The van der Waals surface area contributed by atoms with Crippen molar-refractivity contribution in [2.45, 2.75) is 26.7 Å². The Hall–Kier alpha value is -2.91. The van der Waals surface area contributed by atoms with Crippen LogP contribution in [0.5, 0.6) is 0 Å². The molecule has 3 rings (SSSR count). The van der Waals surface area contributed by atoms with Crippen molar-refractivity contribution in [3.8, 4) is 5.82 Å². The van der Waals surface area contributed by atoms with Crippen molar-refractivity contribution in [1.29, 1.82) is 0 Å². The average Bonchev–Trinajstić information content (AvgIpc) is 3.19. The maximum Gasteiger partial charge on any atom is 0.301 e. The van der Waals surface area contributed by atoms with Gasteiger partial charge < -0.3 is 4.57 Å². The zero-order chi connectivity index (χ0) is 21.0. The van der Waals surface area contributed by atoms with Gasteiger partial charge in [-0.2, -0.15) is 18.2 Å². The summed E-state index contributed by atoms with van der Waals surface area (Å²) in [6.07, 6.45) is 6.30. The highest BCUT2D eigenvalue weighted by Crippen LogP contribution is 2.25. The highest BCUT2D eigenvalue weighted by molar-refractivity contribution is 7.88. The summed E-state index contributed by atoms with van der Waals surface area (Å²) in [7, 11) is -2.04. The minimum Gasteiger partial charge on any atom is -0.301 e. The number of benzene rings is 1. The van der Waals surface area contributed by atoms with E-state index in [0.29, 0.717) is 6.42 Å². The molecule has 2 N–H and O–H groups in total. The number of aryl methyl sites for hydroxylation is 2. The summed E-state index contributed by atoms with van der Waals surface area (Å²) < 4.78 is 31.9. The van der Waals surface area contributed by atoms with Gasteiger partial charge in [-0.1, -0.05) is 31.5 Å². The van der Waals surface area contributed by atoms with Gasteiger partial charge in [0.05, 0.1) is 11.2 Å². The van der Waals surface area contributed by atoms with Crippen molar-refractivity contribution < 1.29 is 13.2 Å². The number of amides is 1. The lowest BCUT2D eigenvalue weighted by Crippen LogP contribution is -2.39. The Bertz CT molecular complexity index is 1160. The van der Waals surface area contributed by atoms with Gasteiger partial charge in [-0.3, -0.25) is 9.48 Å². The van der Waals surface area contributed by atoms with Gasteiger partial charge in [-0.15, -0.1) is 0 Å². The molecule has 0 saturated heterocycles. The van der Waals surface area contributed by atoms with Crippen molar-refractivity contribution in [2.75, 3.05) is 6.54 Å². The molecule has 0 aliphatic rings. The van der Waals surface area contributed by atoms with Crippen LogP contribution in [-0.4, -0.2) is 35.2 Å². The third-order valence-electron chi connectivity index (χ3n) is 4.52. The maximum atomic E-state index is 12.1. The first kappa shape index (κ1) is 20.8. The van der Waals surface area contributed by atoms with E-state index in [-0.39, 0.29) is 6.54 Å². The summed E-state index contributed by atoms with van der Waals surface area (Å²) in [4.78, 5) is 12.1. The molecule has 0 aliphatic heterocycles. The lowest BCUT2D eigenvalue weighted by molar-refractivity contribution is -0.114. The van der Waals surface area contributed by atoms with E-state index in [1.165, 1.54) is 6.08 Å². The molecule has 1 aromatic carbocycles. The molecule has 1 amide bonds. The van der Waals surface area contributed by atoms with Crippen molar-refractivity contribution >= 4 is 33.1 Å². The third-order valence-corrected chi connectivity index (χ3v) is 5.58. The van der Waals surface area contributed by atoms with Crippen LogP contribution in [0.4, 0.5) is 0 Å². The van der Waals surface area contributed by atoms with Crippen molar-refractivity contribution in [2.24, 2.45) is 7.05 Å². The molecule has 0 atom stereocenters. The number of carbonyl (C=O) groups is 1. The molecule has 0 fully saturated rings. The van der Waals surface area contributed by atoms with Gasteiger partial charge in [0, 0.05) is 31.4 Å². The number of unbranched alkanes of at least 4 members (excludes halogenated alkanes) is 1. The first-order valence-corrected chi connectivity index (χ1v) is 10.9. The summed E-state index contributed by atoms with van der Waals surface area (Å²) in [5, 5.41) is 5.54. The van der Waals surface area contributed by atoms with Crippen LogP contribution in [0.1, 0.15) is 31.0 Å². The Labute approximate surface area is 170 Å². The van der Waals surface area contributed by atoms with Crippen LogP contribution in [0.25, 0.3) is 22.8 Å². The SMILES string of the molecule is CCCCNS(=O)(=O)NC(=O)C=Cc1c(C)nn(C)c1-n1ccc2ccccc21. The monoisotopic (exact) mass is 415 g/mol. The Morgan fingerprint density at radius 2 is 2.00 bits per heavy atom. The quantitative estimate of drug-likeness (QED) is 0.436. The number of rotatable bonds is 8. The standard InChI is InChI=1S/C20H25N5O3S/c1-4-5-13-21-29(27,28)23-19(26)11-10-17-15(2)22-24(3)20(17)25-14-12-16-8-6-7-9-18(16)25/h6-12,14,21H,4-5,13H2,1-3H3,(H,23,26). The highest BCUT2D eigenvalue weighted by Gasteiger charge is 2.16. The van der Waals surface area contributed by atoms with Crippen LogP contribution in [-0.2, 0) is 22.1 Å². The van der Waals surface area contributed by atoms with E-state index in [4.69, 9.17) is 0 Å². The van der Waals surface area contributed by atoms with Crippen LogP contribution in [0, 0.1) is 6.92 Å². The van der Waals surface area contributed by atoms with Gasteiger partial charge in [0.15, 0.2) is 0 Å². The second-order valence-corrected chi connectivity index (χ2v) is 8.24. The summed E-state index contributed by atoms with van der Waals surface area (Å²) in [6, 6.07) is 9.97. The number of hydrogen-bond acceptors (Lipinski definition) is 4. The smallest absolute Gasteiger partial charge is 0.301 e. The molecule has 0 spiro atoms. The van der Waals surface area contributed by atoms with Crippen molar-refractivity contribution in [3.05, 3.63) is 53.9 Å². The van der Waals surface area contributed by atoms with Gasteiger partial charge >= 0.3 is 10.2 Å². The largest absolute Gasteiger partial charge is 0.301 e. The summed E-state index contributed by atoms with van der Waals surface area (Å²) in [5.74, 6) is 0.0669. The molecule has 0 saturated carbocycles. The molecular formula is C20H25N5O3S. The number of para-hydroxylation sites is 1. The van der Waals surface area contributed by atoms with Crippen LogP contribution in [0.3, 0.4) is 0 Å². The van der Waals surface area contributed by atoms with E-state index < -0.39 is 16.1 Å². The highest BCUT2D eigenvalue weighted by atomic mass is 32.2. The summed E-state index contributed by atoms with van der Waals surface area (Å²) in [6.45, 7) is 4.09. The normalized spacial score (nSPS) is 12.1. The van der Waals surface area contributed by atoms with E-state index in [2.05, 4.69) is 9.82 Å². The van der Waals surface area contributed by atoms with Crippen molar-refractivity contribution in [1.82, 2.24) is 23.8 Å². The van der Waals surface area contributed by atoms with E-state index in [9.17, 15) is 13.2 Å². The van der Waals surface area contributed by atoms with E-state index in [1.807, 2.05) is 66.7 Å². The first-order chi connectivity index (χ1) is 13.8. The van der Waals surface area contributed by atoms with Crippen LogP contribution in [0.2, 0.25) is 0 Å². The van der Waals surface area contributed by atoms with E-state index in [0.717, 1.165) is 34.4 Å². The molecule has 0 aliphatic carbocycles. The first-order valence-electron chi connectivity index (χ1n) is 9.42. The predicted molar refractivity (Wildman–Crippen MR) is 114 cm³/mol. The Kier molecular flexibility index (Phi) is 6.19. The minimum absolute atomic E-state index is 0.287. The predicted octanol–water partition coefficient (Wildman–Crippen LogP) is 2.44. The number of nitrogens with zero attached hydrogens (tertiary/aromatic N) is 3. The van der Waals surface area contributed by atoms with Crippen molar-refractivity contribution in [3.63, 3.8) is 0 Å².